The molecule has 2 aromatic carbocycles. The molecule has 1 amide bonds. The first kappa shape index (κ1) is 17.8. The summed E-state index contributed by atoms with van der Waals surface area (Å²) in [5.41, 5.74) is 7.41. The van der Waals surface area contributed by atoms with Crippen molar-refractivity contribution in [1.82, 2.24) is 0 Å². The van der Waals surface area contributed by atoms with E-state index in [2.05, 4.69) is 10.0 Å². The topological polar surface area (TPSA) is 101 Å². The average molecular weight is 347 g/mol. The minimum Gasteiger partial charge on any atom is -0.374 e. The van der Waals surface area contributed by atoms with Gasteiger partial charge in [0.25, 0.3) is 10.0 Å². The standard InChI is InChI=1S/C17H21N3O3S/c1-3-16(17(18)21)19-13-6-8-14(9-7-13)20-24(22,23)15-10-4-12(2)5-11-15/h4-11,16,19-20H,3H2,1-2H3,(H2,18,21). The van der Waals surface area contributed by atoms with Crippen molar-refractivity contribution in [3.63, 3.8) is 0 Å². The number of hydrogen-bond acceptors (Lipinski definition) is 4. The zero-order chi connectivity index (χ0) is 17.7. The predicted octanol–water partition coefficient (Wildman–Crippen LogP) is 2.47. The smallest absolute Gasteiger partial charge is 0.261 e. The van der Waals surface area contributed by atoms with Crippen LogP contribution in [0.2, 0.25) is 0 Å². The van der Waals surface area contributed by atoms with Crippen LogP contribution >= 0.6 is 0 Å². The molecule has 2 rings (SSSR count). The van der Waals surface area contributed by atoms with Crippen LogP contribution in [0.25, 0.3) is 0 Å². The van der Waals surface area contributed by atoms with Crippen molar-refractivity contribution in [2.45, 2.75) is 31.2 Å². The molecule has 6 nitrogen and oxygen atoms in total. The molecule has 0 aromatic heterocycles. The third-order valence-electron chi connectivity index (χ3n) is 3.56. The van der Waals surface area contributed by atoms with Gasteiger partial charge >= 0.3 is 0 Å². The molecular weight excluding hydrogens is 326 g/mol. The van der Waals surface area contributed by atoms with Gasteiger partial charge in [0, 0.05) is 11.4 Å². The Morgan fingerprint density at radius 1 is 1.04 bits per heavy atom. The number of benzene rings is 2. The van der Waals surface area contributed by atoms with Gasteiger partial charge in [-0.15, -0.1) is 0 Å². The van der Waals surface area contributed by atoms with Crippen molar-refractivity contribution < 1.29 is 13.2 Å². The third-order valence-corrected chi connectivity index (χ3v) is 4.96. The van der Waals surface area contributed by atoms with E-state index in [9.17, 15) is 13.2 Å². The molecular formula is C17H21N3O3S. The zero-order valence-electron chi connectivity index (χ0n) is 13.6. The molecule has 1 atom stereocenters. The lowest BCUT2D eigenvalue weighted by Gasteiger charge is -2.15. The van der Waals surface area contributed by atoms with Gasteiger partial charge in [-0.1, -0.05) is 24.6 Å². The van der Waals surface area contributed by atoms with E-state index in [1.165, 1.54) is 0 Å². The zero-order valence-corrected chi connectivity index (χ0v) is 14.4. The summed E-state index contributed by atoms with van der Waals surface area (Å²) in [6.07, 6.45) is 0.567. The Labute approximate surface area is 142 Å². The molecule has 2 aromatic rings. The van der Waals surface area contributed by atoms with Gasteiger partial charge in [-0.3, -0.25) is 9.52 Å². The Morgan fingerprint density at radius 2 is 1.58 bits per heavy atom. The fourth-order valence-electron chi connectivity index (χ4n) is 2.14. The summed E-state index contributed by atoms with van der Waals surface area (Å²) in [5.74, 6) is -0.429. The van der Waals surface area contributed by atoms with E-state index in [4.69, 9.17) is 5.73 Å². The molecule has 0 heterocycles. The molecule has 24 heavy (non-hydrogen) atoms. The second kappa shape index (κ2) is 7.35. The second-order valence-corrected chi connectivity index (χ2v) is 7.19. The highest BCUT2D eigenvalue weighted by Crippen LogP contribution is 2.19. The molecule has 0 aliphatic heterocycles. The van der Waals surface area contributed by atoms with Crippen molar-refractivity contribution in [1.29, 1.82) is 0 Å². The first-order valence-electron chi connectivity index (χ1n) is 7.57. The molecule has 0 saturated heterocycles. The number of carbonyl (C=O) groups excluding carboxylic acids is 1. The number of nitrogens with two attached hydrogens (primary N) is 1. The van der Waals surface area contributed by atoms with E-state index in [1.807, 2.05) is 13.8 Å². The van der Waals surface area contributed by atoms with Gasteiger partial charge in [0.15, 0.2) is 0 Å². The Morgan fingerprint density at radius 3 is 2.08 bits per heavy atom. The summed E-state index contributed by atoms with van der Waals surface area (Å²) in [4.78, 5) is 11.4. The third kappa shape index (κ3) is 4.48. The molecule has 0 saturated carbocycles. The molecule has 7 heteroatoms. The van der Waals surface area contributed by atoms with E-state index in [0.29, 0.717) is 17.8 Å². The van der Waals surface area contributed by atoms with Crippen LogP contribution in [0.4, 0.5) is 11.4 Å². The maximum Gasteiger partial charge on any atom is 0.261 e. The van der Waals surface area contributed by atoms with Gasteiger partial charge in [0.2, 0.25) is 5.91 Å². The van der Waals surface area contributed by atoms with E-state index in [-0.39, 0.29) is 4.90 Å². The van der Waals surface area contributed by atoms with Crippen molar-refractivity contribution in [2.24, 2.45) is 5.73 Å². The van der Waals surface area contributed by atoms with E-state index in [0.717, 1.165) is 5.56 Å². The van der Waals surface area contributed by atoms with Crippen LogP contribution in [0.5, 0.6) is 0 Å². The monoisotopic (exact) mass is 347 g/mol. The quantitative estimate of drug-likeness (QED) is 0.716. The minimum absolute atomic E-state index is 0.204. The normalized spacial score (nSPS) is 12.4. The second-order valence-electron chi connectivity index (χ2n) is 5.50. The lowest BCUT2D eigenvalue weighted by molar-refractivity contribution is -0.118. The summed E-state index contributed by atoms with van der Waals surface area (Å²) in [6.45, 7) is 3.75. The molecule has 0 radical (unpaired) electrons. The molecule has 0 spiro atoms. The van der Waals surface area contributed by atoms with Crippen LogP contribution < -0.4 is 15.8 Å². The fraction of sp³-hybridized carbons (Fsp3) is 0.235. The average Bonchev–Trinajstić information content (AvgIpc) is 2.54. The summed E-state index contributed by atoms with van der Waals surface area (Å²) in [7, 11) is -3.63. The molecule has 0 aliphatic carbocycles. The van der Waals surface area contributed by atoms with Crippen molar-refractivity contribution in [3.05, 3.63) is 54.1 Å². The van der Waals surface area contributed by atoms with Crippen LogP contribution in [0.3, 0.4) is 0 Å². The largest absolute Gasteiger partial charge is 0.374 e. The number of hydrogen-bond donors (Lipinski definition) is 3. The van der Waals surface area contributed by atoms with Gasteiger partial charge in [-0.05, 0) is 49.7 Å². The molecule has 128 valence electrons. The lowest BCUT2D eigenvalue weighted by Crippen LogP contribution is -2.34. The maximum atomic E-state index is 12.3. The highest BCUT2D eigenvalue weighted by atomic mass is 32.2. The first-order valence-corrected chi connectivity index (χ1v) is 9.05. The fourth-order valence-corrected chi connectivity index (χ4v) is 3.20. The van der Waals surface area contributed by atoms with Gasteiger partial charge in [-0.2, -0.15) is 0 Å². The Bertz CT molecular complexity index is 800. The Kier molecular flexibility index (Phi) is 5.46. The van der Waals surface area contributed by atoms with Crippen LogP contribution in [-0.4, -0.2) is 20.4 Å². The number of primary amides is 1. The summed E-state index contributed by atoms with van der Waals surface area (Å²) in [5, 5.41) is 3.00. The number of sulfonamides is 1. The van der Waals surface area contributed by atoms with Crippen molar-refractivity contribution >= 4 is 27.3 Å². The SMILES string of the molecule is CCC(Nc1ccc(NS(=O)(=O)c2ccc(C)cc2)cc1)C(N)=O. The summed E-state index contributed by atoms with van der Waals surface area (Å²) < 4.78 is 27.2. The van der Waals surface area contributed by atoms with Crippen LogP contribution in [0.1, 0.15) is 18.9 Å². The van der Waals surface area contributed by atoms with E-state index >= 15 is 0 Å². The number of nitrogens with one attached hydrogen (secondary N) is 2. The summed E-state index contributed by atoms with van der Waals surface area (Å²) >= 11 is 0. The Hall–Kier alpha value is -2.54. The minimum atomic E-state index is -3.63. The number of rotatable bonds is 7. The predicted molar refractivity (Wildman–Crippen MR) is 95.3 cm³/mol. The van der Waals surface area contributed by atoms with Gasteiger partial charge in [0.1, 0.15) is 6.04 Å². The van der Waals surface area contributed by atoms with Gasteiger partial charge < -0.3 is 11.1 Å². The van der Waals surface area contributed by atoms with Gasteiger partial charge in [0.05, 0.1) is 4.90 Å². The van der Waals surface area contributed by atoms with Gasteiger partial charge in [-0.25, -0.2) is 8.42 Å². The number of aryl methyl sites for hydroxylation is 1. The maximum absolute atomic E-state index is 12.3. The van der Waals surface area contributed by atoms with Crippen LogP contribution in [-0.2, 0) is 14.8 Å². The van der Waals surface area contributed by atoms with Crippen LogP contribution in [0, 0.1) is 6.92 Å². The molecule has 0 aliphatic rings. The summed E-state index contributed by atoms with van der Waals surface area (Å²) in [6, 6.07) is 12.8. The molecule has 0 bridgehead atoms. The highest BCUT2D eigenvalue weighted by Gasteiger charge is 2.15. The molecule has 0 fully saturated rings. The van der Waals surface area contributed by atoms with E-state index < -0.39 is 22.0 Å². The van der Waals surface area contributed by atoms with Crippen LogP contribution in [0.15, 0.2) is 53.4 Å². The van der Waals surface area contributed by atoms with Crippen molar-refractivity contribution in [2.75, 3.05) is 10.0 Å². The number of amides is 1. The van der Waals surface area contributed by atoms with Crippen molar-refractivity contribution in [3.8, 4) is 0 Å². The first-order chi connectivity index (χ1) is 11.3. The number of anilines is 2. The Balaban J connectivity index is 2.11. The molecule has 1 unspecified atom stereocenters. The molecule has 4 N–H and O–H groups in total. The highest BCUT2D eigenvalue weighted by molar-refractivity contribution is 7.92. The lowest BCUT2D eigenvalue weighted by atomic mass is 10.2. The van der Waals surface area contributed by atoms with E-state index in [1.54, 1.807) is 48.5 Å². The number of carbonyl (C=O) groups is 1.